The molecule has 2 rings (SSSR count). The van der Waals surface area contributed by atoms with Crippen LogP contribution in [-0.2, 0) is 6.54 Å². The number of aliphatic imine (C=N–C) groups is 1. The first-order valence-electron chi connectivity index (χ1n) is 6.61. The van der Waals surface area contributed by atoms with E-state index in [-0.39, 0.29) is 0 Å². The number of benzene rings is 1. The van der Waals surface area contributed by atoms with Gasteiger partial charge in [0.15, 0.2) is 5.96 Å². The zero-order valence-corrected chi connectivity index (χ0v) is 11.4. The molecule has 1 aromatic rings. The Kier molecular flexibility index (Phi) is 4.84. The van der Waals surface area contributed by atoms with Crippen molar-refractivity contribution in [2.45, 2.75) is 13.0 Å². The fraction of sp³-hybridized carbons (Fsp3) is 0.400. The van der Waals surface area contributed by atoms with Crippen molar-refractivity contribution in [3.8, 4) is 5.75 Å². The summed E-state index contributed by atoms with van der Waals surface area (Å²) < 4.78 is 5.45. The summed E-state index contributed by atoms with van der Waals surface area (Å²) >= 11 is 0. The van der Waals surface area contributed by atoms with Crippen LogP contribution < -0.4 is 10.1 Å². The highest BCUT2D eigenvalue weighted by molar-refractivity contribution is 5.80. The van der Waals surface area contributed by atoms with Crippen LogP contribution in [0.2, 0.25) is 0 Å². The fourth-order valence-electron chi connectivity index (χ4n) is 1.95. The third-order valence-electron chi connectivity index (χ3n) is 3.02. The molecule has 0 radical (unpaired) electrons. The molecule has 0 bridgehead atoms. The van der Waals surface area contributed by atoms with Crippen LogP contribution in [0.4, 0.5) is 0 Å². The maximum absolute atomic E-state index is 5.45. The van der Waals surface area contributed by atoms with Crippen LogP contribution in [0, 0.1) is 0 Å². The van der Waals surface area contributed by atoms with Crippen LogP contribution >= 0.6 is 0 Å². The molecular formula is C15H21N3O. The summed E-state index contributed by atoms with van der Waals surface area (Å²) in [5.41, 5.74) is 1.22. The standard InChI is InChI=1S/C15H21N3O/c1-3-11-19-14-7-5-13(6-8-14)12-17-15-16-9-4-10-18(15)2/h3,5-8H,1,4,9-12H2,2H3,(H,16,17). The number of ether oxygens (including phenoxy) is 1. The predicted octanol–water partition coefficient (Wildman–Crippen LogP) is 2.03. The van der Waals surface area contributed by atoms with Crippen molar-refractivity contribution in [1.82, 2.24) is 10.2 Å². The van der Waals surface area contributed by atoms with Crippen molar-refractivity contribution >= 4 is 5.96 Å². The minimum Gasteiger partial charge on any atom is -0.490 e. The molecule has 1 aliphatic heterocycles. The molecule has 1 N–H and O–H groups in total. The van der Waals surface area contributed by atoms with Crippen molar-refractivity contribution < 1.29 is 4.74 Å². The van der Waals surface area contributed by atoms with Gasteiger partial charge in [-0.3, -0.25) is 4.99 Å². The minimum atomic E-state index is 0.541. The highest BCUT2D eigenvalue weighted by Crippen LogP contribution is 2.12. The van der Waals surface area contributed by atoms with Gasteiger partial charge >= 0.3 is 0 Å². The zero-order chi connectivity index (χ0) is 13.5. The van der Waals surface area contributed by atoms with Gasteiger partial charge in [0.05, 0.1) is 0 Å². The lowest BCUT2D eigenvalue weighted by Gasteiger charge is -2.25. The van der Waals surface area contributed by atoms with Gasteiger partial charge in [0.2, 0.25) is 0 Å². The van der Waals surface area contributed by atoms with Crippen molar-refractivity contribution in [2.24, 2.45) is 4.99 Å². The molecule has 1 aliphatic rings. The summed E-state index contributed by atoms with van der Waals surface area (Å²) in [4.78, 5) is 6.64. The first-order valence-corrected chi connectivity index (χ1v) is 6.61. The number of hydrogen-bond acceptors (Lipinski definition) is 4. The van der Waals surface area contributed by atoms with Crippen LogP contribution in [0.3, 0.4) is 0 Å². The molecule has 4 heteroatoms. The Hall–Kier alpha value is -1.97. The van der Waals surface area contributed by atoms with Gasteiger partial charge in [-0.2, -0.15) is 0 Å². The summed E-state index contributed by atoms with van der Waals surface area (Å²) in [6, 6.07) is 8.09. The molecule has 0 unspecified atom stereocenters. The molecule has 1 aromatic carbocycles. The number of nitrogens with zero attached hydrogens (tertiary/aromatic N) is 2. The summed E-state index contributed by atoms with van der Waals surface area (Å²) in [7, 11) is 2.07. The van der Waals surface area contributed by atoms with E-state index in [1.165, 1.54) is 5.56 Å². The Morgan fingerprint density at radius 3 is 2.89 bits per heavy atom. The molecule has 4 nitrogen and oxygen atoms in total. The highest BCUT2D eigenvalue weighted by atomic mass is 16.5. The Bertz CT molecular complexity index is 439. The second-order valence-electron chi connectivity index (χ2n) is 4.58. The molecule has 0 saturated carbocycles. The minimum absolute atomic E-state index is 0.541. The van der Waals surface area contributed by atoms with Crippen LogP contribution in [0.1, 0.15) is 12.0 Å². The number of nitrogens with one attached hydrogen (secondary N) is 1. The van der Waals surface area contributed by atoms with E-state index in [2.05, 4.69) is 41.0 Å². The van der Waals surface area contributed by atoms with Crippen LogP contribution in [0.5, 0.6) is 5.75 Å². The molecule has 0 fully saturated rings. The second-order valence-corrected chi connectivity index (χ2v) is 4.58. The van der Waals surface area contributed by atoms with E-state index in [1.807, 2.05) is 12.1 Å². The highest BCUT2D eigenvalue weighted by Gasteiger charge is 2.09. The SMILES string of the molecule is C=CCOc1ccc(CNC2=NCCCN2C)cc1. The second kappa shape index (κ2) is 6.83. The zero-order valence-electron chi connectivity index (χ0n) is 11.4. The number of guanidine groups is 1. The van der Waals surface area contributed by atoms with E-state index in [0.29, 0.717) is 6.61 Å². The van der Waals surface area contributed by atoms with E-state index in [0.717, 1.165) is 37.8 Å². The molecule has 0 spiro atoms. The molecule has 102 valence electrons. The first kappa shape index (κ1) is 13.5. The molecule has 0 saturated heterocycles. The molecule has 1 heterocycles. The average Bonchev–Trinajstić information content (AvgIpc) is 2.45. The summed E-state index contributed by atoms with van der Waals surface area (Å²) in [5, 5.41) is 3.37. The van der Waals surface area contributed by atoms with Gasteiger partial charge in [-0.05, 0) is 24.1 Å². The van der Waals surface area contributed by atoms with Gasteiger partial charge in [-0.1, -0.05) is 24.8 Å². The van der Waals surface area contributed by atoms with Crippen molar-refractivity contribution in [2.75, 3.05) is 26.7 Å². The lowest BCUT2D eigenvalue weighted by atomic mass is 10.2. The topological polar surface area (TPSA) is 36.9 Å². The van der Waals surface area contributed by atoms with Gasteiger partial charge in [0.1, 0.15) is 12.4 Å². The van der Waals surface area contributed by atoms with E-state index >= 15 is 0 Å². The summed E-state index contributed by atoms with van der Waals surface area (Å²) in [6.07, 6.45) is 2.88. The average molecular weight is 259 g/mol. The summed E-state index contributed by atoms with van der Waals surface area (Å²) in [5.74, 6) is 1.86. The van der Waals surface area contributed by atoms with Crippen molar-refractivity contribution in [3.63, 3.8) is 0 Å². The first-order chi connectivity index (χ1) is 9.29. The third-order valence-corrected chi connectivity index (χ3v) is 3.02. The van der Waals surface area contributed by atoms with Crippen LogP contribution in [0.15, 0.2) is 41.9 Å². The normalized spacial score (nSPS) is 14.8. The molecular weight excluding hydrogens is 238 g/mol. The molecule has 0 aliphatic carbocycles. The van der Waals surface area contributed by atoms with E-state index in [9.17, 15) is 0 Å². The number of rotatable bonds is 5. The van der Waals surface area contributed by atoms with Gasteiger partial charge in [-0.25, -0.2) is 0 Å². The molecule has 0 aromatic heterocycles. The predicted molar refractivity (Wildman–Crippen MR) is 78.5 cm³/mol. The van der Waals surface area contributed by atoms with Crippen LogP contribution in [0.25, 0.3) is 0 Å². The quantitative estimate of drug-likeness (QED) is 0.822. The largest absolute Gasteiger partial charge is 0.490 e. The monoisotopic (exact) mass is 259 g/mol. The van der Waals surface area contributed by atoms with E-state index in [4.69, 9.17) is 4.74 Å². The molecule has 19 heavy (non-hydrogen) atoms. The van der Waals surface area contributed by atoms with Gasteiger partial charge in [0.25, 0.3) is 0 Å². The third kappa shape index (κ3) is 4.02. The number of hydrogen-bond donors (Lipinski definition) is 1. The molecule has 0 atom stereocenters. The maximum Gasteiger partial charge on any atom is 0.193 e. The van der Waals surface area contributed by atoms with Crippen molar-refractivity contribution in [3.05, 3.63) is 42.5 Å². The van der Waals surface area contributed by atoms with Crippen LogP contribution in [-0.4, -0.2) is 37.6 Å². The van der Waals surface area contributed by atoms with E-state index < -0.39 is 0 Å². The van der Waals surface area contributed by atoms with Gasteiger partial charge in [-0.15, -0.1) is 0 Å². The lowest BCUT2D eigenvalue weighted by molar-refractivity contribution is 0.363. The van der Waals surface area contributed by atoms with Crippen molar-refractivity contribution in [1.29, 1.82) is 0 Å². The summed E-state index contributed by atoms with van der Waals surface area (Å²) in [6.45, 7) is 6.94. The molecule has 0 amide bonds. The van der Waals surface area contributed by atoms with Gasteiger partial charge in [0, 0.05) is 26.7 Å². The van der Waals surface area contributed by atoms with Gasteiger partial charge < -0.3 is 15.0 Å². The fourth-order valence-corrected chi connectivity index (χ4v) is 1.95. The Labute approximate surface area is 114 Å². The Morgan fingerprint density at radius 2 is 2.21 bits per heavy atom. The maximum atomic E-state index is 5.45. The Balaban J connectivity index is 1.85. The lowest BCUT2D eigenvalue weighted by Crippen LogP contribution is -2.41. The Morgan fingerprint density at radius 1 is 1.42 bits per heavy atom. The smallest absolute Gasteiger partial charge is 0.193 e. The van der Waals surface area contributed by atoms with E-state index in [1.54, 1.807) is 6.08 Å².